The van der Waals surface area contributed by atoms with Crippen LogP contribution in [0.2, 0.25) is 0 Å². The van der Waals surface area contributed by atoms with Crippen LogP contribution >= 0.6 is 15.9 Å². The van der Waals surface area contributed by atoms with E-state index < -0.39 is 0 Å². The van der Waals surface area contributed by atoms with Crippen LogP contribution in [0.1, 0.15) is 50.5 Å². The largest absolute Gasteiger partial charge is 0.360 e. The summed E-state index contributed by atoms with van der Waals surface area (Å²) in [7, 11) is 0. The van der Waals surface area contributed by atoms with Crippen LogP contribution in [0.15, 0.2) is 10.6 Å². The van der Waals surface area contributed by atoms with E-state index in [-0.39, 0.29) is 5.41 Å². The van der Waals surface area contributed by atoms with Crippen molar-refractivity contribution < 1.29 is 4.52 Å². The Kier molecular flexibility index (Phi) is 2.96. The molecular weight excluding hydrogens is 242 g/mol. The number of alkyl halides is 1. The third kappa shape index (κ3) is 1.88. The molecule has 1 fully saturated rings. The lowest BCUT2D eigenvalue weighted by Crippen LogP contribution is -2.25. The molecule has 1 aromatic heterocycles. The average molecular weight is 258 g/mol. The van der Waals surface area contributed by atoms with E-state index in [0.29, 0.717) is 0 Å². The van der Waals surface area contributed by atoms with Gasteiger partial charge in [0.05, 0.1) is 11.0 Å². The van der Waals surface area contributed by atoms with Gasteiger partial charge in [-0.2, -0.15) is 0 Å². The molecule has 0 aromatic carbocycles. The Morgan fingerprint density at radius 3 is 2.71 bits per heavy atom. The summed E-state index contributed by atoms with van der Waals surface area (Å²) >= 11 is 3.38. The van der Waals surface area contributed by atoms with Crippen molar-refractivity contribution in [2.45, 2.75) is 49.8 Å². The van der Waals surface area contributed by atoms with Crippen molar-refractivity contribution in [2.75, 3.05) is 0 Å². The Bertz CT molecular complexity index is 302. The topological polar surface area (TPSA) is 26.0 Å². The normalized spacial score (nSPS) is 21.0. The highest BCUT2D eigenvalue weighted by Crippen LogP contribution is 2.38. The molecule has 78 valence electrons. The SMILES string of the molecule is CC1(c2cc(CBr)on2)CCCCC1. The molecule has 0 aliphatic heterocycles. The summed E-state index contributed by atoms with van der Waals surface area (Å²) in [4.78, 5) is 0. The first-order chi connectivity index (χ1) is 6.74. The van der Waals surface area contributed by atoms with Crippen LogP contribution in [-0.4, -0.2) is 5.16 Å². The van der Waals surface area contributed by atoms with E-state index in [9.17, 15) is 0 Å². The maximum atomic E-state index is 5.24. The van der Waals surface area contributed by atoms with E-state index in [1.54, 1.807) is 0 Å². The molecule has 2 nitrogen and oxygen atoms in total. The van der Waals surface area contributed by atoms with Gasteiger partial charge >= 0.3 is 0 Å². The van der Waals surface area contributed by atoms with Crippen molar-refractivity contribution in [2.24, 2.45) is 0 Å². The Morgan fingerprint density at radius 2 is 2.14 bits per heavy atom. The van der Waals surface area contributed by atoms with Gasteiger partial charge in [-0.3, -0.25) is 0 Å². The molecule has 14 heavy (non-hydrogen) atoms. The monoisotopic (exact) mass is 257 g/mol. The molecule has 0 N–H and O–H groups in total. The highest BCUT2D eigenvalue weighted by Gasteiger charge is 2.31. The molecule has 0 spiro atoms. The molecule has 1 aromatic rings. The zero-order valence-corrected chi connectivity index (χ0v) is 10.1. The van der Waals surface area contributed by atoms with Crippen molar-refractivity contribution in [1.82, 2.24) is 5.16 Å². The maximum Gasteiger partial charge on any atom is 0.147 e. The highest BCUT2D eigenvalue weighted by molar-refractivity contribution is 9.08. The van der Waals surface area contributed by atoms with Crippen LogP contribution in [0.25, 0.3) is 0 Å². The molecule has 0 radical (unpaired) electrons. The second-order valence-electron chi connectivity index (χ2n) is 4.43. The molecule has 2 rings (SSSR count). The molecule has 0 bridgehead atoms. The van der Waals surface area contributed by atoms with E-state index in [1.165, 1.54) is 32.1 Å². The van der Waals surface area contributed by atoms with Gasteiger partial charge in [0.1, 0.15) is 5.76 Å². The van der Waals surface area contributed by atoms with Crippen LogP contribution in [0.5, 0.6) is 0 Å². The molecule has 1 aliphatic rings. The smallest absolute Gasteiger partial charge is 0.147 e. The van der Waals surface area contributed by atoms with Crippen LogP contribution in [-0.2, 0) is 10.7 Å². The van der Waals surface area contributed by atoms with E-state index in [1.807, 2.05) is 0 Å². The van der Waals surface area contributed by atoms with Crippen molar-refractivity contribution in [3.05, 3.63) is 17.5 Å². The third-order valence-electron chi connectivity index (χ3n) is 3.27. The zero-order chi connectivity index (χ0) is 10.0. The Morgan fingerprint density at radius 1 is 1.43 bits per heavy atom. The molecular formula is C11H16BrNO. The molecule has 1 saturated carbocycles. The molecule has 0 amide bonds. The van der Waals surface area contributed by atoms with E-state index >= 15 is 0 Å². The number of hydrogen-bond donors (Lipinski definition) is 0. The van der Waals surface area contributed by atoms with Crippen LogP contribution in [0, 0.1) is 0 Å². The maximum absolute atomic E-state index is 5.24. The van der Waals surface area contributed by atoms with Crippen molar-refractivity contribution >= 4 is 15.9 Å². The van der Waals surface area contributed by atoms with Crippen molar-refractivity contribution in [1.29, 1.82) is 0 Å². The summed E-state index contributed by atoms with van der Waals surface area (Å²) in [5.74, 6) is 0.937. The number of rotatable bonds is 2. The fourth-order valence-electron chi connectivity index (χ4n) is 2.25. The van der Waals surface area contributed by atoms with Gasteiger partial charge in [0.15, 0.2) is 0 Å². The highest BCUT2D eigenvalue weighted by atomic mass is 79.9. The molecule has 0 saturated heterocycles. The fourth-order valence-corrected chi connectivity index (χ4v) is 2.51. The minimum Gasteiger partial charge on any atom is -0.360 e. The van der Waals surface area contributed by atoms with Gasteiger partial charge in [-0.05, 0) is 12.8 Å². The predicted octanol–water partition coefficient (Wildman–Crippen LogP) is 3.79. The van der Waals surface area contributed by atoms with Gasteiger partial charge in [0.25, 0.3) is 0 Å². The summed E-state index contributed by atoms with van der Waals surface area (Å²) < 4.78 is 5.24. The summed E-state index contributed by atoms with van der Waals surface area (Å²) in [6.45, 7) is 2.31. The lowest BCUT2D eigenvalue weighted by molar-refractivity contribution is 0.291. The third-order valence-corrected chi connectivity index (χ3v) is 3.82. The summed E-state index contributed by atoms with van der Waals surface area (Å²) in [5.41, 5.74) is 1.41. The number of halogens is 1. The second-order valence-corrected chi connectivity index (χ2v) is 4.99. The summed E-state index contributed by atoms with van der Waals surface area (Å²) in [5, 5.41) is 4.94. The van der Waals surface area contributed by atoms with E-state index in [4.69, 9.17) is 4.52 Å². The van der Waals surface area contributed by atoms with Gasteiger partial charge in [-0.1, -0.05) is 47.3 Å². The van der Waals surface area contributed by atoms with E-state index in [0.717, 1.165) is 16.8 Å². The zero-order valence-electron chi connectivity index (χ0n) is 8.55. The fraction of sp³-hybridized carbons (Fsp3) is 0.727. The standard InChI is InChI=1S/C11H16BrNO/c1-11(5-3-2-4-6-11)10-7-9(8-12)14-13-10/h7H,2-6,8H2,1H3. The lowest BCUT2D eigenvalue weighted by atomic mass is 9.73. The van der Waals surface area contributed by atoms with Gasteiger partial charge in [-0.15, -0.1) is 0 Å². The van der Waals surface area contributed by atoms with Gasteiger partial charge in [0, 0.05) is 11.5 Å². The van der Waals surface area contributed by atoms with Crippen molar-refractivity contribution in [3.63, 3.8) is 0 Å². The first kappa shape index (κ1) is 10.2. The Hall–Kier alpha value is -0.310. The molecule has 3 heteroatoms. The van der Waals surface area contributed by atoms with Crippen molar-refractivity contribution in [3.8, 4) is 0 Å². The second kappa shape index (κ2) is 4.05. The lowest BCUT2D eigenvalue weighted by Gasteiger charge is -2.31. The molecule has 0 atom stereocenters. The van der Waals surface area contributed by atoms with Gasteiger partial charge in [-0.25, -0.2) is 0 Å². The van der Waals surface area contributed by atoms with Crippen LogP contribution < -0.4 is 0 Å². The quantitative estimate of drug-likeness (QED) is 0.754. The Labute approximate surface area is 93.2 Å². The number of hydrogen-bond acceptors (Lipinski definition) is 2. The number of aromatic nitrogens is 1. The van der Waals surface area contributed by atoms with Crippen LogP contribution in [0.4, 0.5) is 0 Å². The number of nitrogens with zero attached hydrogens (tertiary/aromatic N) is 1. The summed E-state index contributed by atoms with van der Waals surface area (Å²) in [6, 6.07) is 2.10. The first-order valence-corrected chi connectivity index (χ1v) is 6.39. The van der Waals surface area contributed by atoms with Gasteiger partial charge in [0.2, 0.25) is 0 Å². The predicted molar refractivity (Wildman–Crippen MR) is 59.6 cm³/mol. The molecule has 1 aliphatic carbocycles. The average Bonchev–Trinajstić information content (AvgIpc) is 2.67. The van der Waals surface area contributed by atoms with E-state index in [2.05, 4.69) is 34.1 Å². The Balaban J connectivity index is 2.19. The minimum atomic E-state index is 0.266. The molecule has 0 unspecified atom stereocenters. The summed E-state index contributed by atoms with van der Waals surface area (Å²) in [6.07, 6.45) is 6.53. The van der Waals surface area contributed by atoms with Crippen LogP contribution in [0.3, 0.4) is 0 Å². The minimum absolute atomic E-state index is 0.266. The van der Waals surface area contributed by atoms with Gasteiger partial charge < -0.3 is 4.52 Å². The first-order valence-electron chi connectivity index (χ1n) is 5.27. The molecule has 1 heterocycles.